The van der Waals surface area contributed by atoms with Gasteiger partial charge >= 0.3 is 0 Å². The molecular formula is C7H12IN3. The van der Waals surface area contributed by atoms with Gasteiger partial charge < -0.3 is 13.8 Å². The molecule has 0 atom stereocenters. The van der Waals surface area contributed by atoms with E-state index in [9.17, 15) is 0 Å². The molecule has 0 saturated carbocycles. The average molecular weight is 265 g/mol. The Hall–Kier alpha value is -0.100. The predicted molar refractivity (Wildman–Crippen MR) is 55.1 cm³/mol. The quantitative estimate of drug-likeness (QED) is 0.447. The lowest BCUT2D eigenvalue weighted by Gasteiger charge is -2.25. The second-order valence-electron chi connectivity index (χ2n) is 2.73. The van der Waals surface area contributed by atoms with Gasteiger partial charge in [-0.1, -0.05) is 0 Å². The van der Waals surface area contributed by atoms with E-state index in [0.717, 1.165) is 25.1 Å². The van der Waals surface area contributed by atoms with Crippen molar-refractivity contribution in [2.45, 2.75) is 6.42 Å². The van der Waals surface area contributed by atoms with E-state index in [4.69, 9.17) is 5.41 Å². The fraction of sp³-hybridized carbons (Fsp3) is 0.571. The summed E-state index contributed by atoms with van der Waals surface area (Å²) in [5.74, 6) is 0. The van der Waals surface area contributed by atoms with E-state index < -0.39 is 0 Å². The van der Waals surface area contributed by atoms with Crippen LogP contribution in [0.2, 0.25) is 0 Å². The van der Waals surface area contributed by atoms with Crippen LogP contribution in [-0.4, -0.2) is 31.3 Å². The van der Waals surface area contributed by atoms with Gasteiger partial charge in [-0.3, -0.25) is 0 Å². The van der Waals surface area contributed by atoms with Crippen LogP contribution in [0.3, 0.4) is 0 Å². The molecule has 4 heteroatoms. The Labute approximate surface area is 80.8 Å². The van der Waals surface area contributed by atoms with Gasteiger partial charge in [0.1, 0.15) is 0 Å². The smallest absolute Gasteiger partial charge is 0.0558 e. The van der Waals surface area contributed by atoms with Gasteiger partial charge in [0.05, 0.1) is 22.9 Å². The topological polar surface area (TPSA) is 39.1 Å². The number of hydrogen-bond donors (Lipinski definition) is 2. The normalized spacial score (nSPS) is 20.2. The maximum atomic E-state index is 7.15. The second-order valence-corrected chi connectivity index (χ2v) is 3.27. The molecule has 0 aromatic heterocycles. The molecule has 1 aliphatic rings. The monoisotopic (exact) mass is 265 g/mol. The fourth-order valence-electron chi connectivity index (χ4n) is 1.16. The summed E-state index contributed by atoms with van der Waals surface area (Å²) in [4.78, 5) is 2.24. The lowest BCUT2D eigenvalue weighted by molar-refractivity contribution is 0.349. The number of nitrogens with zero attached hydrogens (tertiary/aromatic N) is 1. The molecule has 11 heavy (non-hydrogen) atoms. The molecule has 2 N–H and O–H groups in total. The third kappa shape index (κ3) is 2.16. The van der Waals surface area contributed by atoms with E-state index in [1.807, 2.05) is 0 Å². The molecule has 62 valence electrons. The van der Waals surface area contributed by atoms with Crippen LogP contribution >= 0.6 is 22.9 Å². The highest BCUT2D eigenvalue weighted by Gasteiger charge is 2.13. The van der Waals surface area contributed by atoms with Crippen LogP contribution < -0.4 is 3.53 Å². The van der Waals surface area contributed by atoms with Crippen LogP contribution in [0, 0.1) is 5.41 Å². The Morgan fingerprint density at radius 2 is 2.45 bits per heavy atom. The van der Waals surface area contributed by atoms with Gasteiger partial charge in [0.15, 0.2) is 0 Å². The Morgan fingerprint density at radius 1 is 1.73 bits per heavy atom. The Kier molecular flexibility index (Phi) is 3.32. The minimum atomic E-state index is 0.938. The number of likely N-dealkylation sites (N-methyl/N-ethyl adjacent to an activating group) is 1. The SMILES string of the molecule is CN1CCC(C=N)=C(NI)C1. The summed E-state index contributed by atoms with van der Waals surface area (Å²) in [5.41, 5.74) is 2.31. The molecule has 0 saturated heterocycles. The summed E-state index contributed by atoms with van der Waals surface area (Å²) in [6.45, 7) is 2.00. The molecule has 0 unspecified atom stereocenters. The maximum absolute atomic E-state index is 7.15. The Morgan fingerprint density at radius 3 is 3.00 bits per heavy atom. The minimum Gasteiger partial charge on any atom is -0.330 e. The minimum absolute atomic E-state index is 0.938. The van der Waals surface area contributed by atoms with Crippen LogP contribution in [0.1, 0.15) is 6.42 Å². The molecule has 0 aliphatic carbocycles. The lowest BCUT2D eigenvalue weighted by atomic mass is 10.1. The van der Waals surface area contributed by atoms with Crippen LogP contribution in [0.15, 0.2) is 11.3 Å². The average Bonchev–Trinajstić information content (AvgIpc) is 2.04. The number of hydrogen-bond acceptors (Lipinski definition) is 3. The Balaban J connectivity index is 2.74. The van der Waals surface area contributed by atoms with Crippen molar-refractivity contribution in [2.24, 2.45) is 0 Å². The maximum Gasteiger partial charge on any atom is 0.0558 e. The summed E-state index contributed by atoms with van der Waals surface area (Å²) in [6.07, 6.45) is 2.44. The first kappa shape index (κ1) is 8.99. The number of rotatable bonds is 2. The van der Waals surface area contributed by atoms with Crippen LogP contribution in [0.5, 0.6) is 0 Å². The molecule has 0 radical (unpaired) electrons. The van der Waals surface area contributed by atoms with Crippen LogP contribution in [0.4, 0.5) is 0 Å². The number of halogens is 1. The zero-order valence-electron chi connectivity index (χ0n) is 6.52. The molecule has 0 aromatic rings. The first-order valence-electron chi connectivity index (χ1n) is 3.55. The molecule has 0 spiro atoms. The number of nitrogens with one attached hydrogen (secondary N) is 2. The van der Waals surface area contributed by atoms with Crippen molar-refractivity contribution in [1.82, 2.24) is 8.43 Å². The van der Waals surface area contributed by atoms with E-state index in [2.05, 4.69) is 38.3 Å². The van der Waals surface area contributed by atoms with Gasteiger partial charge in [0.25, 0.3) is 0 Å². The van der Waals surface area contributed by atoms with Gasteiger partial charge in [0, 0.05) is 25.0 Å². The molecule has 0 amide bonds. The molecule has 0 fully saturated rings. The molecule has 0 aromatic carbocycles. The summed E-state index contributed by atoms with van der Waals surface area (Å²) >= 11 is 2.12. The first-order chi connectivity index (χ1) is 5.27. The molecular weight excluding hydrogens is 253 g/mol. The van der Waals surface area contributed by atoms with Crippen LogP contribution in [0.25, 0.3) is 0 Å². The highest BCUT2D eigenvalue weighted by atomic mass is 127. The highest BCUT2D eigenvalue weighted by molar-refractivity contribution is 14.1. The van der Waals surface area contributed by atoms with Gasteiger partial charge in [-0.05, 0) is 19.0 Å². The van der Waals surface area contributed by atoms with E-state index in [1.54, 1.807) is 0 Å². The van der Waals surface area contributed by atoms with Crippen molar-refractivity contribution in [3.63, 3.8) is 0 Å². The zero-order chi connectivity index (χ0) is 8.27. The predicted octanol–water partition coefficient (Wildman–Crippen LogP) is 1.17. The lowest BCUT2D eigenvalue weighted by Crippen LogP contribution is -2.31. The molecule has 1 aliphatic heterocycles. The third-order valence-corrected chi connectivity index (χ3v) is 2.52. The van der Waals surface area contributed by atoms with E-state index in [1.165, 1.54) is 11.9 Å². The van der Waals surface area contributed by atoms with Crippen molar-refractivity contribution < 1.29 is 0 Å². The largest absolute Gasteiger partial charge is 0.330 e. The van der Waals surface area contributed by atoms with Crippen molar-refractivity contribution in [3.05, 3.63) is 11.3 Å². The van der Waals surface area contributed by atoms with Gasteiger partial charge in [0.2, 0.25) is 0 Å². The molecule has 3 nitrogen and oxygen atoms in total. The summed E-state index contributed by atoms with van der Waals surface area (Å²) < 4.78 is 3.09. The van der Waals surface area contributed by atoms with Crippen molar-refractivity contribution in [2.75, 3.05) is 20.1 Å². The van der Waals surface area contributed by atoms with Crippen molar-refractivity contribution in [3.8, 4) is 0 Å². The molecule has 0 bridgehead atoms. The van der Waals surface area contributed by atoms with Crippen molar-refractivity contribution in [1.29, 1.82) is 5.41 Å². The van der Waals surface area contributed by atoms with E-state index in [-0.39, 0.29) is 0 Å². The van der Waals surface area contributed by atoms with Crippen LogP contribution in [-0.2, 0) is 0 Å². The summed E-state index contributed by atoms with van der Waals surface area (Å²) in [5, 5.41) is 7.15. The van der Waals surface area contributed by atoms with Gasteiger partial charge in [-0.15, -0.1) is 0 Å². The van der Waals surface area contributed by atoms with E-state index in [0.29, 0.717) is 0 Å². The molecule has 1 heterocycles. The standard InChI is InChI=1S/C7H12IN3/c1-11-3-2-6(4-9)7(5-11)10-8/h4,9-10H,2-3,5H2,1H3. The molecule has 1 rings (SSSR count). The highest BCUT2D eigenvalue weighted by Crippen LogP contribution is 2.13. The fourth-order valence-corrected chi connectivity index (χ4v) is 1.68. The zero-order valence-corrected chi connectivity index (χ0v) is 8.68. The van der Waals surface area contributed by atoms with Gasteiger partial charge in [-0.25, -0.2) is 0 Å². The van der Waals surface area contributed by atoms with Crippen molar-refractivity contribution >= 4 is 29.1 Å². The summed E-state index contributed by atoms with van der Waals surface area (Å²) in [6, 6.07) is 0. The van der Waals surface area contributed by atoms with Gasteiger partial charge in [-0.2, -0.15) is 0 Å². The first-order valence-corrected chi connectivity index (χ1v) is 4.63. The second kappa shape index (κ2) is 4.06. The van der Waals surface area contributed by atoms with E-state index >= 15 is 0 Å². The Bertz CT molecular complexity index is 188. The third-order valence-electron chi connectivity index (χ3n) is 1.87. The summed E-state index contributed by atoms with van der Waals surface area (Å²) in [7, 11) is 2.09.